The molecule has 1 aliphatic carbocycles. The molecule has 1 aliphatic rings. The van der Waals surface area contributed by atoms with Gasteiger partial charge in [-0.1, -0.05) is 42.5 Å². The van der Waals surface area contributed by atoms with Crippen LogP contribution in [0.3, 0.4) is 0 Å². The van der Waals surface area contributed by atoms with Crippen molar-refractivity contribution >= 4 is 6.41 Å². The largest absolute Gasteiger partial charge is 0.508 e. The SMILES string of the molecule is C[C@H](c1cn(Cc2cccc(O)c2)c(-c2ccccc2)n1)N(C=O)C1CC1. The molecule has 1 amide bonds. The Bertz CT molecular complexity index is 932. The van der Waals surface area contributed by atoms with Gasteiger partial charge in [0.1, 0.15) is 11.6 Å². The third-order valence-electron chi connectivity index (χ3n) is 5.06. The molecular formula is C22H23N3O2. The van der Waals surface area contributed by atoms with Crippen LogP contribution in [0.1, 0.15) is 37.1 Å². The summed E-state index contributed by atoms with van der Waals surface area (Å²) in [5.41, 5.74) is 2.91. The maximum atomic E-state index is 11.6. The highest BCUT2D eigenvalue weighted by Crippen LogP contribution is 2.33. The number of carbonyl (C=O) groups is 1. The summed E-state index contributed by atoms with van der Waals surface area (Å²) in [6.45, 7) is 2.63. The average molecular weight is 361 g/mol. The maximum absolute atomic E-state index is 11.6. The summed E-state index contributed by atoms with van der Waals surface area (Å²) < 4.78 is 2.09. The highest BCUT2D eigenvalue weighted by molar-refractivity contribution is 5.57. The smallest absolute Gasteiger partial charge is 0.210 e. The van der Waals surface area contributed by atoms with E-state index >= 15 is 0 Å². The van der Waals surface area contributed by atoms with Crippen molar-refractivity contribution in [2.45, 2.75) is 38.4 Å². The van der Waals surface area contributed by atoms with E-state index in [0.717, 1.165) is 41.9 Å². The molecule has 27 heavy (non-hydrogen) atoms. The van der Waals surface area contributed by atoms with Gasteiger partial charge in [0.2, 0.25) is 6.41 Å². The van der Waals surface area contributed by atoms with E-state index in [0.29, 0.717) is 12.6 Å². The number of nitrogens with zero attached hydrogens (tertiary/aromatic N) is 3. The zero-order chi connectivity index (χ0) is 18.8. The molecule has 0 bridgehead atoms. The monoisotopic (exact) mass is 361 g/mol. The molecule has 3 aromatic rings. The predicted molar refractivity (Wildman–Crippen MR) is 104 cm³/mol. The molecule has 4 rings (SSSR count). The first kappa shape index (κ1) is 17.3. The number of benzene rings is 2. The van der Waals surface area contributed by atoms with Crippen LogP contribution in [-0.2, 0) is 11.3 Å². The van der Waals surface area contributed by atoms with Gasteiger partial charge in [0, 0.05) is 24.3 Å². The van der Waals surface area contributed by atoms with E-state index in [1.807, 2.05) is 60.5 Å². The molecule has 2 aromatic carbocycles. The number of imidazole rings is 1. The normalized spacial score (nSPS) is 14.7. The topological polar surface area (TPSA) is 58.4 Å². The highest BCUT2D eigenvalue weighted by Gasteiger charge is 2.33. The Morgan fingerprint density at radius 1 is 1.22 bits per heavy atom. The van der Waals surface area contributed by atoms with Crippen LogP contribution in [0.2, 0.25) is 0 Å². The second-order valence-electron chi connectivity index (χ2n) is 7.11. The number of phenols is 1. The zero-order valence-corrected chi connectivity index (χ0v) is 15.3. The minimum atomic E-state index is -0.0668. The van der Waals surface area contributed by atoms with Crippen molar-refractivity contribution in [2.75, 3.05) is 0 Å². The fourth-order valence-corrected chi connectivity index (χ4v) is 3.45. The van der Waals surface area contributed by atoms with Gasteiger partial charge in [-0.15, -0.1) is 0 Å². The summed E-state index contributed by atoms with van der Waals surface area (Å²) in [6.07, 6.45) is 5.10. The van der Waals surface area contributed by atoms with Crippen molar-refractivity contribution in [3.05, 3.63) is 72.1 Å². The Morgan fingerprint density at radius 2 is 2.00 bits per heavy atom. The lowest BCUT2D eigenvalue weighted by Gasteiger charge is -2.23. The molecule has 0 aliphatic heterocycles. The maximum Gasteiger partial charge on any atom is 0.210 e. The van der Waals surface area contributed by atoms with Crippen molar-refractivity contribution in [1.29, 1.82) is 0 Å². The van der Waals surface area contributed by atoms with E-state index in [2.05, 4.69) is 4.57 Å². The summed E-state index contributed by atoms with van der Waals surface area (Å²) in [4.78, 5) is 18.3. The van der Waals surface area contributed by atoms with Crippen LogP contribution in [0.4, 0.5) is 0 Å². The van der Waals surface area contributed by atoms with Crippen molar-refractivity contribution in [3.8, 4) is 17.1 Å². The van der Waals surface area contributed by atoms with Gasteiger partial charge in [-0.25, -0.2) is 4.98 Å². The van der Waals surface area contributed by atoms with Gasteiger partial charge in [-0.05, 0) is 37.5 Å². The number of amides is 1. The number of hydrogen-bond donors (Lipinski definition) is 1. The second-order valence-corrected chi connectivity index (χ2v) is 7.11. The Labute approximate surface area is 158 Å². The van der Waals surface area contributed by atoms with E-state index in [1.165, 1.54) is 0 Å². The van der Waals surface area contributed by atoms with E-state index in [4.69, 9.17) is 4.98 Å². The fraction of sp³-hybridized carbons (Fsp3) is 0.273. The van der Waals surface area contributed by atoms with Crippen LogP contribution in [0, 0.1) is 0 Å². The Kier molecular flexibility index (Phi) is 4.67. The van der Waals surface area contributed by atoms with Crippen LogP contribution in [0.15, 0.2) is 60.8 Å². The van der Waals surface area contributed by atoms with Gasteiger partial charge in [0.25, 0.3) is 0 Å². The van der Waals surface area contributed by atoms with E-state index in [1.54, 1.807) is 12.1 Å². The van der Waals surface area contributed by atoms with Crippen LogP contribution >= 0.6 is 0 Å². The molecule has 5 heteroatoms. The number of hydrogen-bond acceptors (Lipinski definition) is 3. The number of rotatable bonds is 7. The molecule has 0 saturated heterocycles. The lowest BCUT2D eigenvalue weighted by molar-refractivity contribution is -0.120. The lowest BCUT2D eigenvalue weighted by Crippen LogP contribution is -2.27. The molecule has 0 spiro atoms. The minimum Gasteiger partial charge on any atom is -0.508 e. The third-order valence-corrected chi connectivity index (χ3v) is 5.06. The van der Waals surface area contributed by atoms with Gasteiger partial charge in [-0.2, -0.15) is 0 Å². The van der Waals surface area contributed by atoms with Crippen LogP contribution < -0.4 is 0 Å². The average Bonchev–Trinajstić information content (AvgIpc) is 3.42. The Hall–Kier alpha value is -3.08. The van der Waals surface area contributed by atoms with Gasteiger partial charge in [0.15, 0.2) is 0 Å². The van der Waals surface area contributed by atoms with Gasteiger partial charge in [0.05, 0.1) is 11.7 Å². The molecular weight excluding hydrogens is 338 g/mol. The number of phenolic OH excluding ortho intramolecular Hbond substituents is 1. The standard InChI is InChI=1S/C22H23N3O2/c1-16(25(15-26)19-10-11-19)21-14-24(13-17-6-5-9-20(27)12-17)22(23-21)18-7-3-2-4-8-18/h2-9,12,14-16,19,27H,10-11,13H2,1H3/t16-/m1/s1. The van der Waals surface area contributed by atoms with E-state index < -0.39 is 0 Å². The van der Waals surface area contributed by atoms with Gasteiger partial charge >= 0.3 is 0 Å². The summed E-state index contributed by atoms with van der Waals surface area (Å²) in [6, 6.07) is 17.6. The predicted octanol–water partition coefficient (Wildman–Crippen LogP) is 3.99. The molecule has 1 aromatic heterocycles. The number of carbonyl (C=O) groups excluding carboxylic acids is 1. The summed E-state index contributed by atoms with van der Waals surface area (Å²) in [5, 5.41) is 9.77. The lowest BCUT2D eigenvalue weighted by atomic mass is 10.2. The van der Waals surface area contributed by atoms with Crippen LogP contribution in [0.5, 0.6) is 5.75 Å². The van der Waals surface area contributed by atoms with Crippen LogP contribution in [-0.4, -0.2) is 32.0 Å². The van der Waals surface area contributed by atoms with Gasteiger partial charge in [-0.3, -0.25) is 4.79 Å². The minimum absolute atomic E-state index is 0.0668. The number of aromatic hydroxyl groups is 1. The molecule has 5 nitrogen and oxygen atoms in total. The van der Waals surface area contributed by atoms with Crippen molar-refractivity contribution < 1.29 is 9.90 Å². The first-order valence-corrected chi connectivity index (χ1v) is 9.29. The molecule has 1 fully saturated rings. The highest BCUT2D eigenvalue weighted by atomic mass is 16.3. The molecule has 1 heterocycles. The number of aromatic nitrogens is 2. The summed E-state index contributed by atoms with van der Waals surface area (Å²) >= 11 is 0. The van der Waals surface area contributed by atoms with E-state index in [9.17, 15) is 9.90 Å². The molecule has 0 radical (unpaired) electrons. The summed E-state index contributed by atoms with van der Waals surface area (Å²) in [7, 11) is 0. The van der Waals surface area contributed by atoms with Crippen molar-refractivity contribution in [2.24, 2.45) is 0 Å². The molecule has 1 saturated carbocycles. The molecule has 1 N–H and O–H groups in total. The zero-order valence-electron chi connectivity index (χ0n) is 15.3. The first-order valence-electron chi connectivity index (χ1n) is 9.29. The quantitative estimate of drug-likeness (QED) is 0.648. The Balaban J connectivity index is 1.71. The fourth-order valence-electron chi connectivity index (χ4n) is 3.45. The second kappa shape index (κ2) is 7.27. The first-order chi connectivity index (χ1) is 13.2. The summed E-state index contributed by atoms with van der Waals surface area (Å²) in [5.74, 6) is 1.12. The third kappa shape index (κ3) is 3.72. The van der Waals surface area contributed by atoms with E-state index in [-0.39, 0.29) is 11.8 Å². The molecule has 1 atom stereocenters. The molecule has 138 valence electrons. The van der Waals surface area contributed by atoms with Crippen molar-refractivity contribution in [3.63, 3.8) is 0 Å². The Morgan fingerprint density at radius 3 is 2.67 bits per heavy atom. The molecule has 0 unspecified atom stereocenters. The van der Waals surface area contributed by atoms with Crippen molar-refractivity contribution in [1.82, 2.24) is 14.5 Å². The van der Waals surface area contributed by atoms with Crippen LogP contribution in [0.25, 0.3) is 11.4 Å². The van der Waals surface area contributed by atoms with Gasteiger partial charge < -0.3 is 14.6 Å².